The van der Waals surface area contributed by atoms with Gasteiger partial charge in [0.2, 0.25) is 0 Å². The van der Waals surface area contributed by atoms with Crippen molar-refractivity contribution in [2.75, 3.05) is 0 Å². The van der Waals surface area contributed by atoms with Gasteiger partial charge in [-0.3, -0.25) is 0 Å². The molecule has 3 fully saturated rings. The molecule has 0 bridgehead atoms. The quantitative estimate of drug-likeness (QED) is 0.451. The minimum Gasteiger partial charge on any atom is -0.393 e. The average molecular weight is 415 g/mol. The van der Waals surface area contributed by atoms with Gasteiger partial charge in [-0.25, -0.2) is 0 Å². The predicted octanol–water partition coefficient (Wildman–Crippen LogP) is 8.02. The summed E-state index contributed by atoms with van der Waals surface area (Å²) >= 11 is 0. The van der Waals surface area contributed by atoms with Crippen molar-refractivity contribution in [3.05, 3.63) is 11.1 Å². The van der Waals surface area contributed by atoms with Crippen molar-refractivity contribution in [1.29, 1.82) is 0 Å². The van der Waals surface area contributed by atoms with Crippen LogP contribution >= 0.6 is 0 Å². The Morgan fingerprint density at radius 3 is 2.37 bits per heavy atom. The fourth-order valence-electron chi connectivity index (χ4n) is 8.96. The first-order valence-corrected chi connectivity index (χ1v) is 13.5. The number of fused-ring (bicyclic) bond motifs is 4. The lowest BCUT2D eigenvalue weighted by molar-refractivity contribution is -0.0779. The molecule has 0 aromatic carbocycles. The van der Waals surface area contributed by atoms with Gasteiger partial charge in [0.05, 0.1) is 6.10 Å². The van der Waals surface area contributed by atoms with Crippen LogP contribution in [-0.4, -0.2) is 11.2 Å². The maximum atomic E-state index is 10.5. The maximum Gasteiger partial charge on any atom is 0.0568 e. The standard InChI is InChI=1S/C29H50O/c1-18(2)19(3)8-9-20(4)23-12-13-25-22-10-11-24-21(5)27(30)15-17-29(24,7)26(22)14-16-28(23,25)6/h18-21,23-24,26-27,30H,8-17H2,1-7H3/t19-,20+,21-,23+,24-,26-,27-,28+,29-/m0/s1. The van der Waals surface area contributed by atoms with Crippen molar-refractivity contribution in [3.8, 4) is 0 Å². The van der Waals surface area contributed by atoms with Crippen LogP contribution in [0.2, 0.25) is 0 Å². The fourth-order valence-corrected chi connectivity index (χ4v) is 8.96. The second-order valence-corrected chi connectivity index (χ2v) is 13.0. The number of hydrogen-bond acceptors (Lipinski definition) is 1. The Morgan fingerprint density at radius 2 is 1.67 bits per heavy atom. The summed E-state index contributed by atoms with van der Waals surface area (Å²) < 4.78 is 0. The summed E-state index contributed by atoms with van der Waals surface area (Å²) in [5.41, 5.74) is 4.76. The summed E-state index contributed by atoms with van der Waals surface area (Å²) in [6, 6.07) is 0. The molecule has 0 unspecified atom stereocenters. The first-order valence-electron chi connectivity index (χ1n) is 13.5. The Morgan fingerprint density at radius 1 is 0.933 bits per heavy atom. The molecule has 0 aromatic rings. The highest BCUT2D eigenvalue weighted by Crippen LogP contribution is 2.66. The summed E-state index contributed by atoms with van der Waals surface area (Å²) in [4.78, 5) is 0. The highest BCUT2D eigenvalue weighted by atomic mass is 16.3. The van der Waals surface area contributed by atoms with Gasteiger partial charge < -0.3 is 5.11 Å². The molecule has 4 aliphatic carbocycles. The molecule has 1 heteroatoms. The van der Waals surface area contributed by atoms with Gasteiger partial charge >= 0.3 is 0 Å². The topological polar surface area (TPSA) is 20.2 Å². The molecule has 0 spiro atoms. The summed E-state index contributed by atoms with van der Waals surface area (Å²) in [5, 5.41) is 10.5. The van der Waals surface area contributed by atoms with Crippen molar-refractivity contribution in [3.63, 3.8) is 0 Å². The van der Waals surface area contributed by atoms with Crippen LogP contribution in [0.1, 0.15) is 113 Å². The zero-order chi connectivity index (χ0) is 21.8. The lowest BCUT2D eigenvalue weighted by Gasteiger charge is -2.58. The Bertz CT molecular complexity index is 661. The summed E-state index contributed by atoms with van der Waals surface area (Å²) in [6.07, 6.45) is 13.3. The molecule has 0 aromatic heterocycles. The van der Waals surface area contributed by atoms with Crippen molar-refractivity contribution in [1.82, 2.24) is 0 Å². The van der Waals surface area contributed by atoms with E-state index in [0.717, 1.165) is 41.9 Å². The van der Waals surface area contributed by atoms with Gasteiger partial charge in [0.15, 0.2) is 0 Å². The van der Waals surface area contributed by atoms with E-state index in [0.29, 0.717) is 16.7 Å². The Balaban J connectivity index is 1.55. The van der Waals surface area contributed by atoms with Crippen LogP contribution in [0.3, 0.4) is 0 Å². The molecular formula is C29H50O. The van der Waals surface area contributed by atoms with Gasteiger partial charge in [0, 0.05) is 0 Å². The predicted molar refractivity (Wildman–Crippen MR) is 128 cm³/mol. The van der Waals surface area contributed by atoms with Crippen LogP contribution in [0.15, 0.2) is 11.1 Å². The van der Waals surface area contributed by atoms with E-state index in [9.17, 15) is 5.11 Å². The summed E-state index contributed by atoms with van der Waals surface area (Å²) in [6.45, 7) is 17.4. The molecule has 172 valence electrons. The number of hydrogen-bond donors (Lipinski definition) is 1. The molecule has 4 rings (SSSR count). The highest BCUT2D eigenvalue weighted by molar-refractivity contribution is 5.35. The number of allylic oxidation sites excluding steroid dienone is 2. The third-order valence-electron chi connectivity index (χ3n) is 11.5. The molecular weight excluding hydrogens is 364 g/mol. The molecule has 0 amide bonds. The third-order valence-corrected chi connectivity index (χ3v) is 11.5. The van der Waals surface area contributed by atoms with E-state index in [1.54, 1.807) is 0 Å². The molecule has 1 nitrogen and oxygen atoms in total. The van der Waals surface area contributed by atoms with E-state index < -0.39 is 0 Å². The molecule has 3 saturated carbocycles. The van der Waals surface area contributed by atoms with E-state index >= 15 is 0 Å². The highest BCUT2D eigenvalue weighted by Gasteiger charge is 2.56. The molecule has 0 aliphatic heterocycles. The van der Waals surface area contributed by atoms with E-state index in [2.05, 4.69) is 48.5 Å². The summed E-state index contributed by atoms with van der Waals surface area (Å²) in [7, 11) is 0. The number of rotatable bonds is 5. The molecule has 0 saturated heterocycles. The van der Waals surface area contributed by atoms with Gasteiger partial charge in [-0.15, -0.1) is 0 Å². The number of aliphatic hydroxyl groups is 1. The SMILES string of the molecule is CC(C)[C@@H](C)CC[C@@H](C)[C@H]1CCC2=C3CC[C@H]4[C@H](C)[C@@H](O)CC[C@]4(C)[C@H]3CC[C@@]21C. The van der Waals surface area contributed by atoms with Crippen molar-refractivity contribution >= 4 is 0 Å². The third kappa shape index (κ3) is 3.54. The van der Waals surface area contributed by atoms with Crippen LogP contribution in [0.5, 0.6) is 0 Å². The van der Waals surface area contributed by atoms with Crippen LogP contribution in [0.25, 0.3) is 0 Å². The van der Waals surface area contributed by atoms with Gasteiger partial charge in [0.1, 0.15) is 0 Å². The first-order chi connectivity index (χ1) is 14.1. The van der Waals surface area contributed by atoms with Crippen LogP contribution in [-0.2, 0) is 0 Å². The van der Waals surface area contributed by atoms with E-state index in [1.807, 2.05) is 11.1 Å². The van der Waals surface area contributed by atoms with E-state index in [-0.39, 0.29) is 6.10 Å². The Hall–Kier alpha value is -0.300. The van der Waals surface area contributed by atoms with Gasteiger partial charge in [-0.1, -0.05) is 72.5 Å². The van der Waals surface area contributed by atoms with Crippen molar-refractivity contribution in [2.24, 2.45) is 52.3 Å². The van der Waals surface area contributed by atoms with Crippen LogP contribution in [0.4, 0.5) is 0 Å². The van der Waals surface area contributed by atoms with Gasteiger partial charge in [0.25, 0.3) is 0 Å². The largest absolute Gasteiger partial charge is 0.393 e. The zero-order valence-electron chi connectivity index (χ0n) is 21.1. The fraction of sp³-hybridized carbons (Fsp3) is 0.931. The number of aliphatic hydroxyl groups excluding tert-OH is 1. The molecule has 0 radical (unpaired) electrons. The van der Waals surface area contributed by atoms with E-state index in [4.69, 9.17) is 0 Å². The summed E-state index contributed by atoms with van der Waals surface area (Å²) in [5.74, 6) is 5.47. The minimum atomic E-state index is -0.0592. The lowest BCUT2D eigenvalue weighted by atomic mass is 9.47. The lowest BCUT2D eigenvalue weighted by Crippen LogP contribution is -2.51. The second kappa shape index (κ2) is 8.24. The minimum absolute atomic E-state index is 0.0592. The van der Waals surface area contributed by atoms with Crippen LogP contribution in [0, 0.1) is 52.3 Å². The maximum absolute atomic E-state index is 10.5. The smallest absolute Gasteiger partial charge is 0.0568 e. The second-order valence-electron chi connectivity index (χ2n) is 13.0. The average Bonchev–Trinajstić information content (AvgIpc) is 3.06. The Labute approximate surface area is 187 Å². The molecule has 30 heavy (non-hydrogen) atoms. The monoisotopic (exact) mass is 414 g/mol. The van der Waals surface area contributed by atoms with E-state index in [1.165, 1.54) is 57.8 Å². The van der Waals surface area contributed by atoms with Crippen molar-refractivity contribution < 1.29 is 5.11 Å². The van der Waals surface area contributed by atoms with Gasteiger partial charge in [-0.05, 0) is 104 Å². The van der Waals surface area contributed by atoms with Crippen molar-refractivity contribution in [2.45, 2.75) is 119 Å². The molecule has 4 aliphatic rings. The van der Waals surface area contributed by atoms with Gasteiger partial charge in [-0.2, -0.15) is 0 Å². The molecule has 0 heterocycles. The molecule has 9 atom stereocenters. The van der Waals surface area contributed by atoms with Crippen LogP contribution < -0.4 is 0 Å². The first kappa shape index (κ1) is 22.9. The Kier molecular flexibility index (Phi) is 6.28. The normalized spacial score (nSPS) is 45.7. The molecule has 1 N–H and O–H groups in total. The zero-order valence-corrected chi connectivity index (χ0v) is 21.1.